The topological polar surface area (TPSA) is 18.5 Å². The summed E-state index contributed by atoms with van der Waals surface area (Å²) in [5.41, 5.74) is 17.7. The van der Waals surface area contributed by atoms with Gasteiger partial charge in [-0.25, -0.2) is 0 Å². The number of para-hydroxylation sites is 4. The lowest BCUT2D eigenvalue weighted by molar-refractivity contribution is 0.828. The van der Waals surface area contributed by atoms with Gasteiger partial charge in [-0.3, -0.25) is 0 Å². The Labute approximate surface area is 363 Å². The lowest BCUT2D eigenvalue weighted by atomic mass is 9.96. The summed E-state index contributed by atoms with van der Waals surface area (Å²) in [5.74, 6) is 0. The molecular formula is C59H43N3. The van der Waals surface area contributed by atoms with Gasteiger partial charge in [0.05, 0.1) is 17.1 Å². The Hall–Kier alpha value is -8.14. The van der Waals surface area contributed by atoms with Crippen molar-refractivity contribution in [2.45, 2.75) is 6.17 Å². The molecule has 0 aromatic heterocycles. The van der Waals surface area contributed by atoms with E-state index in [0.717, 1.165) is 22.7 Å². The van der Waals surface area contributed by atoms with Crippen LogP contribution < -0.4 is 15.1 Å². The van der Waals surface area contributed by atoms with E-state index in [1.165, 1.54) is 72.2 Å². The van der Waals surface area contributed by atoms with Gasteiger partial charge in [-0.2, -0.15) is 0 Å². The number of fused-ring (bicyclic) bond motifs is 2. The van der Waals surface area contributed by atoms with Crippen LogP contribution in [0.15, 0.2) is 249 Å². The van der Waals surface area contributed by atoms with Crippen LogP contribution in [-0.4, -0.2) is 0 Å². The molecule has 1 aliphatic rings. The summed E-state index contributed by atoms with van der Waals surface area (Å²) in [6.07, 6.45) is 0.0177. The van der Waals surface area contributed by atoms with E-state index in [0.29, 0.717) is 0 Å². The molecule has 3 nitrogen and oxygen atoms in total. The maximum absolute atomic E-state index is 3.75. The van der Waals surface area contributed by atoms with Crippen molar-refractivity contribution in [2.24, 2.45) is 0 Å². The van der Waals surface area contributed by atoms with Crippen LogP contribution in [0.3, 0.4) is 0 Å². The number of nitrogens with zero attached hydrogens (tertiary/aromatic N) is 2. The largest absolute Gasteiger partial charge is 0.359 e. The maximum Gasteiger partial charge on any atom is 0.130 e. The first-order valence-corrected chi connectivity index (χ1v) is 21.3. The lowest BCUT2D eigenvalue weighted by Gasteiger charge is -2.27. The van der Waals surface area contributed by atoms with Gasteiger partial charge in [-0.1, -0.05) is 194 Å². The number of hydrogen-bond acceptors (Lipinski definition) is 3. The molecule has 1 atom stereocenters. The van der Waals surface area contributed by atoms with Crippen molar-refractivity contribution in [3.63, 3.8) is 0 Å². The summed E-state index contributed by atoms with van der Waals surface area (Å²) in [4.78, 5) is 4.73. The van der Waals surface area contributed by atoms with Crippen LogP contribution in [0, 0.1) is 0 Å². The summed E-state index contributed by atoms with van der Waals surface area (Å²) < 4.78 is 0. The molecule has 1 unspecified atom stereocenters. The Morgan fingerprint density at radius 3 is 1.32 bits per heavy atom. The smallest absolute Gasteiger partial charge is 0.130 e. The normalized spacial score (nSPS) is 13.1. The van der Waals surface area contributed by atoms with E-state index in [1.807, 2.05) is 0 Å². The van der Waals surface area contributed by atoms with E-state index in [-0.39, 0.29) is 6.17 Å². The monoisotopic (exact) mass is 793 g/mol. The van der Waals surface area contributed by atoms with Gasteiger partial charge in [0.1, 0.15) is 6.17 Å². The molecule has 0 bridgehead atoms. The van der Waals surface area contributed by atoms with Gasteiger partial charge in [0.2, 0.25) is 0 Å². The number of anilines is 6. The molecule has 0 aliphatic carbocycles. The number of hydrogen-bond donors (Lipinski definition) is 1. The first kappa shape index (κ1) is 36.9. The lowest BCUT2D eigenvalue weighted by Crippen LogP contribution is -2.23. The molecule has 3 heteroatoms. The highest BCUT2D eigenvalue weighted by atomic mass is 15.3. The third-order valence-corrected chi connectivity index (χ3v) is 12.1. The van der Waals surface area contributed by atoms with Crippen LogP contribution in [0.2, 0.25) is 0 Å². The molecule has 0 radical (unpaired) electrons. The van der Waals surface area contributed by atoms with Crippen molar-refractivity contribution in [1.82, 2.24) is 0 Å². The van der Waals surface area contributed by atoms with Crippen molar-refractivity contribution in [1.29, 1.82) is 0 Å². The average Bonchev–Trinajstić information content (AvgIpc) is 3.75. The van der Waals surface area contributed by atoms with Crippen LogP contribution in [0.5, 0.6) is 0 Å². The Balaban J connectivity index is 0.775. The minimum Gasteiger partial charge on any atom is -0.359 e. The molecule has 11 rings (SSSR count). The quantitative estimate of drug-likeness (QED) is 0.157. The second-order valence-corrected chi connectivity index (χ2v) is 15.8. The molecule has 0 fully saturated rings. The standard InChI is InChI=1S/C59H43N3/c1-3-14-52(15-4-1)61(57-21-11-13-50-12-7-8-18-55(50)57)54-40-38-49(39-41-54)47-32-30-45(31-33-47)43-24-22-42(23-25-43)44-26-28-46(29-27-44)48-34-36-51(37-35-48)59-60-56-19-9-10-20-58(56)62(59)53-16-5-2-6-17-53/h1-41,59-60H. The molecule has 1 aliphatic heterocycles. The number of rotatable bonds is 9. The summed E-state index contributed by atoms with van der Waals surface area (Å²) in [7, 11) is 0. The number of nitrogens with one attached hydrogen (secondary N) is 1. The van der Waals surface area contributed by atoms with Gasteiger partial charge in [-0.05, 0) is 110 Å². The number of benzene rings is 10. The highest BCUT2D eigenvalue weighted by Crippen LogP contribution is 2.46. The highest BCUT2D eigenvalue weighted by molar-refractivity contribution is 5.99. The Kier molecular flexibility index (Phi) is 9.61. The first-order chi connectivity index (χ1) is 30.7. The van der Waals surface area contributed by atoms with Gasteiger partial charge in [0.15, 0.2) is 0 Å². The molecule has 10 aromatic rings. The molecular weight excluding hydrogens is 751 g/mol. The fourth-order valence-electron chi connectivity index (χ4n) is 8.90. The summed E-state index contributed by atoms with van der Waals surface area (Å²) in [6, 6.07) is 89.5. The van der Waals surface area contributed by atoms with Crippen molar-refractivity contribution in [2.75, 3.05) is 15.1 Å². The Morgan fingerprint density at radius 1 is 0.339 bits per heavy atom. The third kappa shape index (κ3) is 7.06. The van der Waals surface area contributed by atoms with Crippen LogP contribution in [0.25, 0.3) is 55.3 Å². The predicted molar refractivity (Wildman–Crippen MR) is 262 cm³/mol. The van der Waals surface area contributed by atoms with Crippen molar-refractivity contribution >= 4 is 44.9 Å². The minimum absolute atomic E-state index is 0.0177. The predicted octanol–water partition coefficient (Wildman–Crippen LogP) is 16.2. The van der Waals surface area contributed by atoms with E-state index in [2.05, 4.69) is 264 Å². The van der Waals surface area contributed by atoms with E-state index < -0.39 is 0 Å². The van der Waals surface area contributed by atoms with Crippen LogP contribution in [0.1, 0.15) is 11.7 Å². The maximum atomic E-state index is 3.75. The third-order valence-electron chi connectivity index (χ3n) is 12.1. The molecule has 1 N–H and O–H groups in total. The van der Waals surface area contributed by atoms with Crippen LogP contribution >= 0.6 is 0 Å². The molecule has 0 amide bonds. The van der Waals surface area contributed by atoms with Gasteiger partial charge >= 0.3 is 0 Å². The zero-order valence-corrected chi connectivity index (χ0v) is 34.1. The Morgan fingerprint density at radius 2 is 0.758 bits per heavy atom. The van der Waals surface area contributed by atoms with E-state index in [4.69, 9.17) is 0 Å². The molecule has 10 aromatic carbocycles. The zero-order chi connectivity index (χ0) is 41.2. The summed E-state index contributed by atoms with van der Waals surface area (Å²) in [6.45, 7) is 0. The molecule has 1 heterocycles. The highest BCUT2D eigenvalue weighted by Gasteiger charge is 2.30. The van der Waals surface area contributed by atoms with Gasteiger partial charge < -0.3 is 15.1 Å². The van der Waals surface area contributed by atoms with Crippen molar-refractivity contribution < 1.29 is 0 Å². The molecule has 0 saturated heterocycles. The van der Waals surface area contributed by atoms with Gasteiger partial charge in [-0.15, -0.1) is 0 Å². The molecule has 0 saturated carbocycles. The van der Waals surface area contributed by atoms with E-state index >= 15 is 0 Å². The SMILES string of the molecule is c1ccc(N(c2ccc(-c3ccc(-c4ccc(-c5ccc(-c6ccc(C7Nc8ccccc8N7c7ccccc7)cc6)cc5)cc4)cc3)cc2)c2cccc3ccccc23)cc1. The fourth-order valence-corrected chi connectivity index (χ4v) is 8.90. The zero-order valence-electron chi connectivity index (χ0n) is 34.1. The average molecular weight is 794 g/mol. The van der Waals surface area contributed by atoms with Crippen LogP contribution in [-0.2, 0) is 0 Å². The first-order valence-electron chi connectivity index (χ1n) is 21.3. The summed E-state index contributed by atoms with van der Waals surface area (Å²) >= 11 is 0. The van der Waals surface area contributed by atoms with Crippen molar-refractivity contribution in [3.05, 3.63) is 254 Å². The van der Waals surface area contributed by atoms with Crippen molar-refractivity contribution in [3.8, 4) is 44.5 Å². The van der Waals surface area contributed by atoms with Gasteiger partial charge in [0, 0.05) is 22.4 Å². The molecule has 0 spiro atoms. The second-order valence-electron chi connectivity index (χ2n) is 15.8. The Bertz CT molecular complexity index is 3100. The fraction of sp³-hybridized carbons (Fsp3) is 0.0169. The minimum atomic E-state index is 0.0177. The van der Waals surface area contributed by atoms with Gasteiger partial charge in [0.25, 0.3) is 0 Å². The molecule has 294 valence electrons. The molecule has 62 heavy (non-hydrogen) atoms. The van der Waals surface area contributed by atoms with E-state index in [9.17, 15) is 0 Å². The summed E-state index contributed by atoms with van der Waals surface area (Å²) in [5, 5.41) is 6.20. The van der Waals surface area contributed by atoms with E-state index in [1.54, 1.807) is 0 Å². The second kappa shape index (κ2) is 16.1. The van der Waals surface area contributed by atoms with Crippen LogP contribution in [0.4, 0.5) is 34.1 Å².